The van der Waals surface area contributed by atoms with E-state index >= 15 is 0 Å². The summed E-state index contributed by atoms with van der Waals surface area (Å²) in [4.78, 5) is 3.24. The third-order valence-corrected chi connectivity index (χ3v) is 2.81. The van der Waals surface area contributed by atoms with Crippen molar-refractivity contribution >= 4 is 9.84 Å². The average Bonchev–Trinajstić information content (AvgIpc) is 1.99. The minimum Gasteiger partial charge on any atom is -0.300 e. The van der Waals surface area contributed by atoms with Crippen molar-refractivity contribution in [3.8, 4) is 0 Å². The first-order valence-corrected chi connectivity index (χ1v) is 5.75. The molecular weight excluding hydrogens is 228 g/mol. The van der Waals surface area contributed by atoms with Crippen LogP contribution in [0.5, 0.6) is 0 Å². The summed E-state index contributed by atoms with van der Waals surface area (Å²) in [6.07, 6.45) is 0.730. The molecule has 0 atom stereocenters. The van der Waals surface area contributed by atoms with E-state index in [-0.39, 0.29) is 12.2 Å². The third kappa shape index (κ3) is 2.71. The molecule has 0 saturated carbocycles. The molecule has 7 heteroatoms. The first-order valence-electron chi connectivity index (χ1n) is 3.86. The van der Waals surface area contributed by atoms with E-state index in [2.05, 4.69) is 4.84 Å². The highest BCUT2D eigenvalue weighted by molar-refractivity contribution is 7.90. The number of hydrogen-bond donors (Lipinski definition) is 1. The molecule has 2 N–H and O–H groups in total. The Morgan fingerprint density at radius 3 is 2.13 bits per heavy atom. The standard InChI is InChI=1S/C8H9F2NO3S/c1-15(12,13)8-6(9)2-5(4-14-11)3-7(8)10/h2-3H,4,11H2,1H3. The second-order valence-corrected chi connectivity index (χ2v) is 4.92. The minimum absolute atomic E-state index is 0.125. The van der Waals surface area contributed by atoms with Gasteiger partial charge < -0.3 is 0 Å². The third-order valence-electron chi connectivity index (χ3n) is 1.68. The van der Waals surface area contributed by atoms with Crippen molar-refractivity contribution in [3.63, 3.8) is 0 Å². The molecular formula is C8H9F2NO3S. The minimum atomic E-state index is -3.92. The van der Waals surface area contributed by atoms with E-state index < -0.39 is 26.4 Å². The van der Waals surface area contributed by atoms with Crippen molar-refractivity contribution in [1.82, 2.24) is 0 Å². The van der Waals surface area contributed by atoms with Crippen LogP contribution in [0.2, 0.25) is 0 Å². The van der Waals surface area contributed by atoms with Gasteiger partial charge in [0, 0.05) is 6.26 Å². The first-order chi connectivity index (χ1) is 6.86. The highest BCUT2D eigenvalue weighted by Gasteiger charge is 2.20. The molecule has 0 aliphatic rings. The van der Waals surface area contributed by atoms with Crippen molar-refractivity contribution in [2.45, 2.75) is 11.5 Å². The van der Waals surface area contributed by atoms with Crippen molar-refractivity contribution in [1.29, 1.82) is 0 Å². The lowest BCUT2D eigenvalue weighted by Gasteiger charge is -2.05. The summed E-state index contributed by atoms with van der Waals surface area (Å²) in [5, 5.41) is 0. The molecule has 0 bridgehead atoms. The van der Waals surface area contributed by atoms with E-state index in [4.69, 9.17) is 5.90 Å². The highest BCUT2D eigenvalue weighted by Crippen LogP contribution is 2.20. The van der Waals surface area contributed by atoms with Gasteiger partial charge in [-0.05, 0) is 17.7 Å². The maximum Gasteiger partial charge on any atom is 0.181 e. The van der Waals surface area contributed by atoms with Crippen LogP contribution in [0.25, 0.3) is 0 Å². The molecule has 0 radical (unpaired) electrons. The lowest BCUT2D eigenvalue weighted by molar-refractivity contribution is 0.123. The molecule has 0 aromatic heterocycles. The molecule has 1 aromatic carbocycles. The topological polar surface area (TPSA) is 69.4 Å². The van der Waals surface area contributed by atoms with E-state index in [1.807, 2.05) is 0 Å². The van der Waals surface area contributed by atoms with Crippen molar-refractivity contribution in [2.75, 3.05) is 6.26 Å². The van der Waals surface area contributed by atoms with Gasteiger partial charge in [-0.25, -0.2) is 23.1 Å². The van der Waals surface area contributed by atoms with Gasteiger partial charge in [0.25, 0.3) is 0 Å². The lowest BCUT2D eigenvalue weighted by Crippen LogP contribution is -2.07. The van der Waals surface area contributed by atoms with Crippen LogP contribution in [-0.2, 0) is 21.3 Å². The molecule has 4 nitrogen and oxygen atoms in total. The van der Waals surface area contributed by atoms with Gasteiger partial charge in [-0.1, -0.05) is 0 Å². The Hall–Kier alpha value is -1.05. The quantitative estimate of drug-likeness (QED) is 0.788. The fourth-order valence-corrected chi connectivity index (χ4v) is 1.97. The van der Waals surface area contributed by atoms with Crippen LogP contribution in [0.1, 0.15) is 5.56 Å². The van der Waals surface area contributed by atoms with Gasteiger partial charge in [0.15, 0.2) is 9.84 Å². The van der Waals surface area contributed by atoms with Crippen molar-refractivity contribution in [2.24, 2.45) is 5.90 Å². The molecule has 84 valence electrons. The van der Waals surface area contributed by atoms with Crippen molar-refractivity contribution < 1.29 is 22.0 Å². The Kier molecular flexibility index (Phi) is 3.38. The van der Waals surface area contributed by atoms with E-state index in [1.165, 1.54) is 0 Å². The number of rotatable bonds is 3. The summed E-state index contributed by atoms with van der Waals surface area (Å²) in [7, 11) is -3.92. The molecule has 0 saturated heterocycles. The molecule has 1 rings (SSSR count). The Morgan fingerprint density at radius 2 is 1.80 bits per heavy atom. The number of halogens is 2. The Bertz CT molecular complexity index is 450. The second-order valence-electron chi connectivity index (χ2n) is 2.97. The lowest BCUT2D eigenvalue weighted by atomic mass is 10.2. The van der Waals surface area contributed by atoms with Crippen molar-refractivity contribution in [3.05, 3.63) is 29.3 Å². The fourth-order valence-electron chi connectivity index (χ4n) is 1.15. The van der Waals surface area contributed by atoms with Crippen LogP contribution in [-0.4, -0.2) is 14.7 Å². The molecule has 0 heterocycles. The largest absolute Gasteiger partial charge is 0.300 e. The predicted molar refractivity (Wildman–Crippen MR) is 48.4 cm³/mol. The van der Waals surface area contributed by atoms with E-state index in [1.54, 1.807) is 0 Å². The number of nitrogens with two attached hydrogens (primary N) is 1. The van der Waals surface area contributed by atoms with Crippen LogP contribution in [0.4, 0.5) is 8.78 Å². The monoisotopic (exact) mass is 237 g/mol. The summed E-state index contributed by atoms with van der Waals surface area (Å²) in [6.45, 7) is -0.197. The normalized spacial score (nSPS) is 11.7. The molecule has 0 unspecified atom stereocenters. The summed E-state index contributed by atoms with van der Waals surface area (Å²) in [5.74, 6) is 2.42. The summed E-state index contributed by atoms with van der Waals surface area (Å²) < 4.78 is 48.4. The molecule has 0 amide bonds. The van der Waals surface area contributed by atoms with Gasteiger partial charge >= 0.3 is 0 Å². The Balaban J connectivity index is 3.34. The van der Waals surface area contributed by atoms with E-state index in [0.717, 1.165) is 18.4 Å². The van der Waals surface area contributed by atoms with Gasteiger partial charge in [-0.15, -0.1) is 0 Å². The SMILES string of the molecule is CS(=O)(=O)c1c(F)cc(CON)cc1F. The summed E-state index contributed by atoms with van der Waals surface area (Å²) in [5.41, 5.74) is 0.125. The van der Waals surface area contributed by atoms with Gasteiger partial charge in [-0.2, -0.15) is 0 Å². The first kappa shape index (κ1) is 12.0. The van der Waals surface area contributed by atoms with E-state index in [0.29, 0.717) is 0 Å². The molecule has 1 aromatic rings. The van der Waals surface area contributed by atoms with Crippen LogP contribution in [0, 0.1) is 11.6 Å². The maximum atomic E-state index is 13.2. The zero-order chi connectivity index (χ0) is 11.6. The highest BCUT2D eigenvalue weighted by atomic mass is 32.2. The average molecular weight is 237 g/mol. The second kappa shape index (κ2) is 4.21. The molecule has 15 heavy (non-hydrogen) atoms. The molecule has 0 fully saturated rings. The van der Waals surface area contributed by atoms with Gasteiger partial charge in [0.1, 0.15) is 16.5 Å². The van der Waals surface area contributed by atoms with Crippen LogP contribution >= 0.6 is 0 Å². The molecule has 0 spiro atoms. The fraction of sp³-hybridized carbons (Fsp3) is 0.250. The molecule has 0 aliphatic carbocycles. The Morgan fingerprint density at radius 1 is 1.33 bits per heavy atom. The summed E-state index contributed by atoms with van der Waals surface area (Å²) >= 11 is 0. The zero-order valence-corrected chi connectivity index (χ0v) is 8.64. The molecule has 0 aliphatic heterocycles. The zero-order valence-electron chi connectivity index (χ0n) is 7.83. The summed E-state index contributed by atoms with van der Waals surface area (Å²) in [6, 6.07) is 1.73. The van der Waals surface area contributed by atoms with Crippen LogP contribution < -0.4 is 5.90 Å². The van der Waals surface area contributed by atoms with Gasteiger partial charge in [-0.3, -0.25) is 4.84 Å². The number of sulfone groups is 1. The Labute approximate surface area is 85.5 Å². The smallest absolute Gasteiger partial charge is 0.181 e. The maximum absolute atomic E-state index is 13.2. The number of benzene rings is 1. The van der Waals surface area contributed by atoms with Crippen LogP contribution in [0.3, 0.4) is 0 Å². The predicted octanol–water partition coefficient (Wildman–Crippen LogP) is 0.759. The van der Waals surface area contributed by atoms with Crippen LogP contribution in [0.15, 0.2) is 17.0 Å². The number of hydrogen-bond acceptors (Lipinski definition) is 4. The van der Waals surface area contributed by atoms with Gasteiger partial charge in [0.2, 0.25) is 0 Å². The van der Waals surface area contributed by atoms with E-state index in [9.17, 15) is 17.2 Å². The van der Waals surface area contributed by atoms with Gasteiger partial charge in [0.05, 0.1) is 6.61 Å².